The van der Waals surface area contributed by atoms with Crippen LogP contribution in [0.5, 0.6) is 5.75 Å². The molecular formula is C16H21NO2. The van der Waals surface area contributed by atoms with Crippen molar-refractivity contribution in [3.63, 3.8) is 0 Å². The monoisotopic (exact) mass is 259 g/mol. The molecule has 0 aliphatic heterocycles. The van der Waals surface area contributed by atoms with E-state index in [0.29, 0.717) is 6.61 Å². The van der Waals surface area contributed by atoms with Crippen LogP contribution in [0.4, 0.5) is 0 Å². The van der Waals surface area contributed by atoms with Gasteiger partial charge < -0.3 is 15.2 Å². The van der Waals surface area contributed by atoms with Crippen molar-refractivity contribution in [1.82, 2.24) is 0 Å². The molecule has 2 atom stereocenters. The molecule has 0 heterocycles. The quantitative estimate of drug-likeness (QED) is 0.896. The summed E-state index contributed by atoms with van der Waals surface area (Å²) < 4.78 is 11.2. The van der Waals surface area contributed by atoms with Gasteiger partial charge in [0.1, 0.15) is 11.9 Å². The second-order valence-electron chi connectivity index (χ2n) is 4.88. The first-order valence-corrected chi connectivity index (χ1v) is 6.56. The van der Waals surface area contributed by atoms with E-state index in [9.17, 15) is 0 Å². The molecule has 2 aromatic rings. The van der Waals surface area contributed by atoms with E-state index < -0.39 is 0 Å². The highest BCUT2D eigenvalue weighted by molar-refractivity contribution is 5.89. The van der Waals surface area contributed by atoms with Crippen molar-refractivity contribution in [3.8, 4) is 5.75 Å². The van der Waals surface area contributed by atoms with Crippen LogP contribution in [0.3, 0.4) is 0 Å². The largest absolute Gasteiger partial charge is 0.487 e. The van der Waals surface area contributed by atoms with Gasteiger partial charge >= 0.3 is 0 Å². The Balaban J connectivity index is 2.49. The third kappa shape index (κ3) is 3.06. The van der Waals surface area contributed by atoms with Gasteiger partial charge in [0.15, 0.2) is 0 Å². The van der Waals surface area contributed by atoms with Crippen LogP contribution in [0.15, 0.2) is 36.4 Å². The Kier molecular flexibility index (Phi) is 4.40. The van der Waals surface area contributed by atoms with E-state index in [4.69, 9.17) is 15.2 Å². The smallest absolute Gasteiger partial charge is 0.132 e. The Morgan fingerprint density at radius 3 is 2.53 bits per heavy atom. The van der Waals surface area contributed by atoms with Crippen LogP contribution >= 0.6 is 0 Å². The first-order valence-electron chi connectivity index (χ1n) is 6.56. The molecule has 0 bridgehead atoms. The van der Waals surface area contributed by atoms with Gasteiger partial charge in [0, 0.05) is 24.1 Å². The van der Waals surface area contributed by atoms with Crippen molar-refractivity contribution in [2.75, 3.05) is 13.7 Å². The summed E-state index contributed by atoms with van der Waals surface area (Å²) in [5, 5.41) is 2.26. The first-order chi connectivity index (χ1) is 9.13. The second-order valence-corrected chi connectivity index (χ2v) is 4.88. The van der Waals surface area contributed by atoms with Crippen molar-refractivity contribution in [2.45, 2.75) is 26.0 Å². The first kappa shape index (κ1) is 13.8. The van der Waals surface area contributed by atoms with Crippen LogP contribution in [-0.4, -0.2) is 19.8 Å². The van der Waals surface area contributed by atoms with Gasteiger partial charge in [0.25, 0.3) is 0 Å². The van der Waals surface area contributed by atoms with E-state index in [1.54, 1.807) is 7.11 Å². The number of fused-ring (bicyclic) bond motifs is 1. The third-order valence-electron chi connectivity index (χ3n) is 3.12. The summed E-state index contributed by atoms with van der Waals surface area (Å²) in [4.78, 5) is 0. The van der Waals surface area contributed by atoms with Crippen molar-refractivity contribution in [3.05, 3.63) is 42.0 Å². The maximum Gasteiger partial charge on any atom is 0.132 e. The van der Waals surface area contributed by atoms with E-state index >= 15 is 0 Å². The number of rotatable bonds is 5. The number of benzene rings is 2. The fourth-order valence-electron chi connectivity index (χ4n) is 2.22. The second kappa shape index (κ2) is 6.04. The topological polar surface area (TPSA) is 44.5 Å². The Morgan fingerprint density at radius 2 is 1.84 bits per heavy atom. The molecule has 0 radical (unpaired) electrons. The average Bonchev–Trinajstić information content (AvgIpc) is 2.39. The van der Waals surface area contributed by atoms with Crippen molar-refractivity contribution in [1.29, 1.82) is 0 Å². The standard InChI is InChI=1S/C16H21NO2/c1-11(10-18-3)19-16-14(12(2)17)9-8-13-6-4-5-7-15(13)16/h4-9,11-12H,10,17H2,1-3H3/t11?,12-/m0/s1. The highest BCUT2D eigenvalue weighted by Gasteiger charge is 2.14. The molecule has 0 saturated carbocycles. The zero-order valence-electron chi connectivity index (χ0n) is 11.7. The lowest BCUT2D eigenvalue weighted by atomic mass is 10.0. The summed E-state index contributed by atoms with van der Waals surface area (Å²) in [5.74, 6) is 0.873. The Hall–Kier alpha value is -1.58. The molecule has 0 aliphatic rings. The van der Waals surface area contributed by atoms with Crippen molar-refractivity contribution < 1.29 is 9.47 Å². The Labute approximate surface area is 114 Å². The summed E-state index contributed by atoms with van der Waals surface area (Å²) in [7, 11) is 1.68. The fourth-order valence-corrected chi connectivity index (χ4v) is 2.22. The van der Waals surface area contributed by atoms with Gasteiger partial charge in [-0.05, 0) is 19.2 Å². The number of hydrogen-bond acceptors (Lipinski definition) is 3. The SMILES string of the molecule is COCC(C)Oc1c([C@H](C)N)ccc2ccccc12. The van der Waals surface area contributed by atoms with Crippen molar-refractivity contribution in [2.24, 2.45) is 5.73 Å². The zero-order chi connectivity index (χ0) is 13.8. The van der Waals surface area contributed by atoms with Gasteiger partial charge in [0.2, 0.25) is 0 Å². The lowest BCUT2D eigenvalue weighted by Crippen LogP contribution is -2.20. The molecule has 1 unspecified atom stereocenters. The molecule has 3 heteroatoms. The van der Waals surface area contributed by atoms with Crippen LogP contribution in [0.2, 0.25) is 0 Å². The van der Waals surface area contributed by atoms with Gasteiger partial charge in [0.05, 0.1) is 6.61 Å². The summed E-state index contributed by atoms with van der Waals surface area (Å²) >= 11 is 0. The normalized spacial score (nSPS) is 14.3. The molecule has 2 rings (SSSR count). The lowest BCUT2D eigenvalue weighted by molar-refractivity contribution is 0.0922. The minimum absolute atomic E-state index is 0.00620. The van der Waals surface area contributed by atoms with Crippen LogP contribution in [0, 0.1) is 0 Å². The van der Waals surface area contributed by atoms with Gasteiger partial charge in [-0.15, -0.1) is 0 Å². The molecule has 0 spiro atoms. The van der Waals surface area contributed by atoms with E-state index in [0.717, 1.165) is 22.1 Å². The molecule has 0 aromatic heterocycles. The van der Waals surface area contributed by atoms with Crippen LogP contribution < -0.4 is 10.5 Å². The van der Waals surface area contributed by atoms with Crippen LogP contribution in [0.1, 0.15) is 25.5 Å². The summed E-state index contributed by atoms with van der Waals surface area (Å²) in [6.45, 7) is 4.52. The molecule has 0 saturated heterocycles. The maximum absolute atomic E-state index is 6.06. The number of hydrogen-bond donors (Lipinski definition) is 1. The summed E-state index contributed by atoms with van der Waals surface area (Å²) in [6, 6.07) is 12.3. The molecule has 0 amide bonds. The number of ether oxygens (including phenoxy) is 2. The summed E-state index contributed by atoms with van der Waals surface area (Å²) in [5.41, 5.74) is 7.07. The van der Waals surface area contributed by atoms with Crippen LogP contribution in [-0.2, 0) is 4.74 Å². The third-order valence-corrected chi connectivity index (χ3v) is 3.12. The summed E-state index contributed by atoms with van der Waals surface area (Å²) in [6.07, 6.45) is -0.00620. The molecule has 2 N–H and O–H groups in total. The highest BCUT2D eigenvalue weighted by Crippen LogP contribution is 2.33. The minimum Gasteiger partial charge on any atom is -0.487 e. The molecular weight excluding hydrogens is 238 g/mol. The molecule has 3 nitrogen and oxygen atoms in total. The average molecular weight is 259 g/mol. The number of methoxy groups -OCH3 is 1. The number of nitrogens with two attached hydrogens (primary N) is 1. The predicted molar refractivity (Wildman–Crippen MR) is 78.5 cm³/mol. The lowest BCUT2D eigenvalue weighted by Gasteiger charge is -2.20. The predicted octanol–water partition coefficient (Wildman–Crippen LogP) is 3.27. The Bertz CT molecular complexity index is 551. The molecule has 0 fully saturated rings. The van der Waals surface area contributed by atoms with E-state index in [-0.39, 0.29) is 12.1 Å². The molecule has 2 aromatic carbocycles. The van der Waals surface area contributed by atoms with E-state index in [2.05, 4.69) is 18.2 Å². The van der Waals surface area contributed by atoms with Gasteiger partial charge in [-0.3, -0.25) is 0 Å². The van der Waals surface area contributed by atoms with E-state index in [1.807, 2.05) is 32.0 Å². The van der Waals surface area contributed by atoms with Gasteiger partial charge in [-0.1, -0.05) is 36.4 Å². The molecule has 19 heavy (non-hydrogen) atoms. The van der Waals surface area contributed by atoms with E-state index in [1.165, 1.54) is 0 Å². The maximum atomic E-state index is 6.06. The van der Waals surface area contributed by atoms with Crippen LogP contribution in [0.25, 0.3) is 10.8 Å². The van der Waals surface area contributed by atoms with Gasteiger partial charge in [-0.25, -0.2) is 0 Å². The highest BCUT2D eigenvalue weighted by atomic mass is 16.5. The van der Waals surface area contributed by atoms with Gasteiger partial charge in [-0.2, -0.15) is 0 Å². The molecule has 0 aliphatic carbocycles. The zero-order valence-corrected chi connectivity index (χ0v) is 11.7. The van der Waals surface area contributed by atoms with Crippen molar-refractivity contribution >= 4 is 10.8 Å². The Morgan fingerprint density at radius 1 is 1.11 bits per heavy atom. The molecule has 102 valence electrons. The fraction of sp³-hybridized carbons (Fsp3) is 0.375. The minimum atomic E-state index is -0.0608.